The highest BCUT2D eigenvalue weighted by molar-refractivity contribution is 7.99. The zero-order chi connectivity index (χ0) is 14.2. The summed E-state index contributed by atoms with van der Waals surface area (Å²) in [4.78, 5) is 11.0. The van der Waals surface area contributed by atoms with Gasteiger partial charge in [0, 0.05) is 7.11 Å². The highest BCUT2D eigenvalue weighted by atomic mass is 32.2. The second kappa shape index (κ2) is 15.7. The van der Waals surface area contributed by atoms with E-state index in [0.29, 0.717) is 58.6 Å². The zero-order valence-corrected chi connectivity index (χ0v) is 12.5. The first-order valence-electron chi connectivity index (χ1n) is 6.18. The van der Waals surface area contributed by atoms with Gasteiger partial charge in [-0.3, -0.25) is 4.79 Å². The van der Waals surface area contributed by atoms with Gasteiger partial charge in [-0.2, -0.15) is 11.8 Å². The maximum Gasteiger partial charge on any atom is 0.315 e. The molecule has 0 aliphatic heterocycles. The zero-order valence-electron chi connectivity index (χ0n) is 11.7. The first-order chi connectivity index (χ1) is 9.31. The summed E-state index contributed by atoms with van der Waals surface area (Å²) in [5.41, 5.74) is 0. The van der Waals surface area contributed by atoms with Gasteiger partial charge in [-0.1, -0.05) is 0 Å². The van der Waals surface area contributed by atoms with Crippen LogP contribution < -0.4 is 0 Å². The van der Waals surface area contributed by atoms with E-state index in [4.69, 9.17) is 23.7 Å². The molecule has 0 N–H and O–H groups in total. The Balaban J connectivity index is 3.01. The van der Waals surface area contributed by atoms with Gasteiger partial charge in [-0.15, -0.1) is 0 Å². The standard InChI is InChI=1S/C12H24O6S/c1-14-3-4-15-5-6-16-7-8-17-9-10-18-12(13)11-19-2/h3-11H2,1-2H3. The fourth-order valence-corrected chi connectivity index (χ4v) is 1.38. The van der Waals surface area contributed by atoms with Crippen LogP contribution in [0.2, 0.25) is 0 Å². The Morgan fingerprint density at radius 1 is 0.842 bits per heavy atom. The molecule has 0 saturated heterocycles. The van der Waals surface area contributed by atoms with Gasteiger partial charge in [0.15, 0.2) is 0 Å². The van der Waals surface area contributed by atoms with E-state index in [-0.39, 0.29) is 5.97 Å². The number of methoxy groups -OCH3 is 1. The molecule has 0 spiro atoms. The van der Waals surface area contributed by atoms with E-state index in [9.17, 15) is 4.79 Å². The van der Waals surface area contributed by atoms with Crippen molar-refractivity contribution in [1.82, 2.24) is 0 Å². The summed E-state index contributed by atoms with van der Waals surface area (Å²) >= 11 is 1.44. The topological polar surface area (TPSA) is 63.2 Å². The minimum absolute atomic E-state index is 0.208. The van der Waals surface area contributed by atoms with Crippen molar-refractivity contribution in [2.45, 2.75) is 0 Å². The highest BCUT2D eigenvalue weighted by Crippen LogP contribution is 1.92. The Morgan fingerprint density at radius 2 is 1.32 bits per heavy atom. The molecule has 0 radical (unpaired) electrons. The summed E-state index contributed by atoms with van der Waals surface area (Å²) in [6.45, 7) is 3.94. The van der Waals surface area contributed by atoms with Gasteiger partial charge in [-0.25, -0.2) is 0 Å². The van der Waals surface area contributed by atoms with Crippen LogP contribution in [-0.4, -0.2) is 77.9 Å². The number of rotatable bonds is 14. The average molecular weight is 296 g/mol. The minimum atomic E-state index is -0.208. The molecule has 0 aliphatic carbocycles. The molecule has 0 rings (SSSR count). The highest BCUT2D eigenvalue weighted by Gasteiger charge is 1.99. The van der Waals surface area contributed by atoms with Crippen molar-refractivity contribution in [2.24, 2.45) is 0 Å². The number of carbonyl (C=O) groups is 1. The fourth-order valence-electron chi connectivity index (χ4n) is 1.06. The van der Waals surface area contributed by atoms with Crippen LogP contribution in [0.1, 0.15) is 0 Å². The lowest BCUT2D eigenvalue weighted by Gasteiger charge is -2.07. The van der Waals surface area contributed by atoms with E-state index in [0.717, 1.165) is 0 Å². The quantitative estimate of drug-likeness (QED) is 0.343. The van der Waals surface area contributed by atoms with Crippen molar-refractivity contribution < 1.29 is 28.5 Å². The molecule has 0 atom stereocenters. The SMILES string of the molecule is COCCOCCOCCOCCOC(=O)CSC. The molecule has 114 valence electrons. The molecule has 0 bridgehead atoms. The molecule has 0 unspecified atom stereocenters. The van der Waals surface area contributed by atoms with Crippen molar-refractivity contribution in [3.8, 4) is 0 Å². The maximum atomic E-state index is 11.0. The number of thioether (sulfide) groups is 1. The summed E-state index contributed by atoms with van der Waals surface area (Å²) in [5.74, 6) is 0.173. The Bertz CT molecular complexity index is 203. The van der Waals surface area contributed by atoms with Gasteiger partial charge in [0.05, 0.1) is 52.0 Å². The fraction of sp³-hybridized carbons (Fsp3) is 0.917. The van der Waals surface area contributed by atoms with Gasteiger partial charge in [0.25, 0.3) is 0 Å². The summed E-state index contributed by atoms with van der Waals surface area (Å²) in [6, 6.07) is 0. The first-order valence-corrected chi connectivity index (χ1v) is 7.57. The Labute approximate surface area is 119 Å². The third kappa shape index (κ3) is 15.6. The predicted molar refractivity (Wildman–Crippen MR) is 73.7 cm³/mol. The van der Waals surface area contributed by atoms with E-state index >= 15 is 0 Å². The summed E-state index contributed by atoms with van der Waals surface area (Å²) < 4.78 is 25.5. The van der Waals surface area contributed by atoms with Crippen molar-refractivity contribution >= 4 is 17.7 Å². The van der Waals surface area contributed by atoms with Crippen LogP contribution in [0.4, 0.5) is 0 Å². The molecule has 0 amide bonds. The number of esters is 1. The molecular weight excluding hydrogens is 272 g/mol. The number of ether oxygens (including phenoxy) is 5. The lowest BCUT2D eigenvalue weighted by Crippen LogP contribution is -2.15. The number of carbonyl (C=O) groups excluding carboxylic acids is 1. The van der Waals surface area contributed by atoms with Gasteiger partial charge in [0.2, 0.25) is 0 Å². The predicted octanol–water partition coefficient (Wildman–Crippen LogP) is 0.589. The normalized spacial score (nSPS) is 10.6. The lowest BCUT2D eigenvalue weighted by atomic mass is 10.7. The molecule has 0 heterocycles. The van der Waals surface area contributed by atoms with Gasteiger partial charge < -0.3 is 23.7 Å². The van der Waals surface area contributed by atoms with Crippen molar-refractivity contribution in [1.29, 1.82) is 0 Å². The Hall–Kier alpha value is -0.340. The van der Waals surface area contributed by atoms with Crippen LogP contribution in [0.5, 0.6) is 0 Å². The van der Waals surface area contributed by atoms with E-state index < -0.39 is 0 Å². The minimum Gasteiger partial charge on any atom is -0.463 e. The molecule has 0 fully saturated rings. The Morgan fingerprint density at radius 3 is 1.79 bits per heavy atom. The smallest absolute Gasteiger partial charge is 0.315 e. The van der Waals surface area contributed by atoms with Crippen LogP contribution in [0.15, 0.2) is 0 Å². The molecule has 19 heavy (non-hydrogen) atoms. The molecular formula is C12H24O6S. The molecule has 6 nitrogen and oxygen atoms in total. The van der Waals surface area contributed by atoms with Crippen LogP contribution in [0, 0.1) is 0 Å². The number of hydrogen-bond acceptors (Lipinski definition) is 7. The van der Waals surface area contributed by atoms with Crippen LogP contribution in [0.3, 0.4) is 0 Å². The molecule has 7 heteroatoms. The summed E-state index contributed by atoms with van der Waals surface area (Å²) in [6.07, 6.45) is 1.86. The maximum absolute atomic E-state index is 11.0. The first kappa shape index (κ1) is 18.7. The summed E-state index contributed by atoms with van der Waals surface area (Å²) in [5, 5.41) is 0. The molecule has 0 aromatic rings. The van der Waals surface area contributed by atoms with Crippen molar-refractivity contribution in [3.63, 3.8) is 0 Å². The second-order valence-corrected chi connectivity index (χ2v) is 4.35. The monoisotopic (exact) mass is 296 g/mol. The molecule has 0 aromatic carbocycles. The largest absolute Gasteiger partial charge is 0.463 e. The van der Waals surface area contributed by atoms with Gasteiger partial charge in [-0.05, 0) is 6.26 Å². The van der Waals surface area contributed by atoms with Crippen LogP contribution >= 0.6 is 11.8 Å². The van der Waals surface area contributed by atoms with E-state index in [1.165, 1.54) is 11.8 Å². The molecule has 0 saturated carbocycles. The van der Waals surface area contributed by atoms with Crippen molar-refractivity contribution in [2.75, 3.05) is 72.0 Å². The third-order valence-electron chi connectivity index (χ3n) is 1.93. The van der Waals surface area contributed by atoms with Crippen molar-refractivity contribution in [3.05, 3.63) is 0 Å². The van der Waals surface area contributed by atoms with Gasteiger partial charge >= 0.3 is 5.97 Å². The molecule has 0 aliphatic rings. The van der Waals surface area contributed by atoms with Gasteiger partial charge in [0.1, 0.15) is 6.61 Å². The number of hydrogen-bond donors (Lipinski definition) is 0. The lowest BCUT2D eigenvalue weighted by molar-refractivity contribution is -0.142. The second-order valence-electron chi connectivity index (χ2n) is 3.48. The Kier molecular flexibility index (Phi) is 15.4. The average Bonchev–Trinajstić information content (AvgIpc) is 2.40. The van der Waals surface area contributed by atoms with E-state index in [2.05, 4.69) is 0 Å². The van der Waals surface area contributed by atoms with E-state index in [1.807, 2.05) is 6.26 Å². The molecule has 0 aromatic heterocycles. The third-order valence-corrected chi connectivity index (χ3v) is 2.45. The summed E-state index contributed by atoms with van der Waals surface area (Å²) in [7, 11) is 1.63. The van der Waals surface area contributed by atoms with E-state index in [1.54, 1.807) is 7.11 Å². The van der Waals surface area contributed by atoms with Crippen LogP contribution in [0.25, 0.3) is 0 Å². The van der Waals surface area contributed by atoms with Crippen LogP contribution in [-0.2, 0) is 28.5 Å².